The topological polar surface area (TPSA) is 64.9 Å². The lowest BCUT2D eigenvalue weighted by molar-refractivity contribution is -0.117. The van der Waals surface area contributed by atoms with Crippen LogP contribution in [0.3, 0.4) is 0 Å². The van der Waals surface area contributed by atoms with E-state index in [-0.39, 0.29) is 5.91 Å². The van der Waals surface area contributed by atoms with Crippen LogP contribution in [0.5, 0.6) is 0 Å². The Bertz CT molecular complexity index is 541. The maximum atomic E-state index is 12.2. The molecule has 1 amide bonds. The maximum absolute atomic E-state index is 12.2. The monoisotopic (exact) mass is 285 g/mol. The molecular formula is C17H23N3O. The quantitative estimate of drug-likeness (QED) is 0.894. The normalized spacial score (nSPS) is 19.6. The number of rotatable bonds is 4. The van der Waals surface area contributed by atoms with Crippen LogP contribution in [0.25, 0.3) is 0 Å². The van der Waals surface area contributed by atoms with Gasteiger partial charge in [-0.1, -0.05) is 13.0 Å². The van der Waals surface area contributed by atoms with Crippen LogP contribution in [-0.4, -0.2) is 19.0 Å². The number of hydrogen-bond acceptors (Lipinski definition) is 3. The fourth-order valence-electron chi connectivity index (χ4n) is 2.85. The van der Waals surface area contributed by atoms with E-state index in [1.807, 2.05) is 13.0 Å². The number of carbonyl (C=O) groups excluding carboxylic acids is 1. The Morgan fingerprint density at radius 1 is 1.57 bits per heavy atom. The summed E-state index contributed by atoms with van der Waals surface area (Å²) in [6.07, 6.45) is 2.92. The Morgan fingerprint density at radius 3 is 3.05 bits per heavy atom. The molecule has 2 atom stereocenters. The first-order valence-corrected chi connectivity index (χ1v) is 7.61. The minimum absolute atomic E-state index is 0.0336. The van der Waals surface area contributed by atoms with Crippen LogP contribution < -0.4 is 10.6 Å². The Morgan fingerprint density at radius 2 is 2.38 bits per heavy atom. The van der Waals surface area contributed by atoms with Gasteiger partial charge in [-0.2, -0.15) is 5.26 Å². The van der Waals surface area contributed by atoms with Gasteiger partial charge >= 0.3 is 0 Å². The molecule has 1 saturated heterocycles. The zero-order valence-corrected chi connectivity index (χ0v) is 12.8. The molecule has 21 heavy (non-hydrogen) atoms. The third kappa shape index (κ3) is 4.30. The number of nitrogens with zero attached hydrogens (tertiary/aromatic N) is 1. The minimum atomic E-state index is 0.0336. The summed E-state index contributed by atoms with van der Waals surface area (Å²) in [5.41, 5.74) is 2.29. The number of hydrogen-bond donors (Lipinski definition) is 2. The first-order valence-electron chi connectivity index (χ1n) is 7.61. The standard InChI is InChI=1S/C17H23N3O/c1-12-5-6-14(10-18)9-16(12)20-17(21)8-13(2)15-4-3-7-19-11-15/h5-6,9,13,15,19H,3-4,7-8,11H2,1-2H3,(H,20,21). The van der Waals surface area contributed by atoms with E-state index in [0.717, 1.165) is 24.3 Å². The minimum Gasteiger partial charge on any atom is -0.326 e. The second kappa shape index (κ2) is 7.24. The number of nitrogens with one attached hydrogen (secondary N) is 2. The molecule has 0 radical (unpaired) electrons. The van der Waals surface area contributed by atoms with Crippen molar-refractivity contribution in [1.82, 2.24) is 5.32 Å². The van der Waals surface area contributed by atoms with Crippen molar-refractivity contribution in [2.45, 2.75) is 33.1 Å². The highest BCUT2D eigenvalue weighted by Gasteiger charge is 2.22. The van der Waals surface area contributed by atoms with Crippen molar-refractivity contribution in [3.63, 3.8) is 0 Å². The van der Waals surface area contributed by atoms with Crippen LogP contribution in [0.2, 0.25) is 0 Å². The van der Waals surface area contributed by atoms with Gasteiger partial charge in [0.25, 0.3) is 0 Å². The average Bonchev–Trinajstić information content (AvgIpc) is 2.50. The van der Waals surface area contributed by atoms with Crippen LogP contribution in [0.15, 0.2) is 18.2 Å². The molecule has 1 aliphatic heterocycles. The average molecular weight is 285 g/mol. The van der Waals surface area contributed by atoms with Gasteiger partial charge in [-0.3, -0.25) is 4.79 Å². The molecule has 0 aliphatic carbocycles. The molecule has 2 unspecified atom stereocenters. The molecule has 0 saturated carbocycles. The summed E-state index contributed by atoms with van der Waals surface area (Å²) >= 11 is 0. The van der Waals surface area contributed by atoms with E-state index in [1.165, 1.54) is 12.8 Å². The molecule has 0 bridgehead atoms. The fraction of sp³-hybridized carbons (Fsp3) is 0.529. The number of anilines is 1. The van der Waals surface area contributed by atoms with Crippen LogP contribution in [-0.2, 0) is 4.79 Å². The molecule has 2 N–H and O–H groups in total. The SMILES string of the molecule is Cc1ccc(C#N)cc1NC(=O)CC(C)C1CCCNC1. The molecule has 1 aromatic rings. The summed E-state index contributed by atoms with van der Waals surface area (Å²) in [6.45, 7) is 6.19. The summed E-state index contributed by atoms with van der Waals surface area (Å²) in [6, 6.07) is 7.47. The Labute approximate surface area is 126 Å². The van der Waals surface area contributed by atoms with Crippen molar-refractivity contribution in [2.24, 2.45) is 11.8 Å². The number of piperidine rings is 1. The molecular weight excluding hydrogens is 262 g/mol. The van der Waals surface area contributed by atoms with Crippen LogP contribution in [0, 0.1) is 30.1 Å². The molecule has 4 heteroatoms. The number of carbonyl (C=O) groups is 1. The fourth-order valence-corrected chi connectivity index (χ4v) is 2.85. The summed E-state index contributed by atoms with van der Waals surface area (Å²) < 4.78 is 0. The van der Waals surface area contributed by atoms with Gasteiger partial charge in [0.05, 0.1) is 11.6 Å². The Hall–Kier alpha value is -1.86. The van der Waals surface area contributed by atoms with Crippen molar-refractivity contribution < 1.29 is 4.79 Å². The van der Waals surface area contributed by atoms with Crippen LogP contribution in [0.1, 0.15) is 37.3 Å². The van der Waals surface area contributed by atoms with Crippen molar-refractivity contribution >= 4 is 11.6 Å². The first-order chi connectivity index (χ1) is 10.1. The summed E-state index contributed by atoms with van der Waals surface area (Å²) in [4.78, 5) is 12.2. The highest BCUT2D eigenvalue weighted by atomic mass is 16.1. The lowest BCUT2D eigenvalue weighted by Crippen LogP contribution is -2.34. The van der Waals surface area contributed by atoms with E-state index < -0.39 is 0 Å². The van der Waals surface area contributed by atoms with Gasteiger partial charge in [0.2, 0.25) is 5.91 Å². The van der Waals surface area contributed by atoms with Crippen molar-refractivity contribution in [2.75, 3.05) is 18.4 Å². The third-order valence-electron chi connectivity index (χ3n) is 4.29. The van der Waals surface area contributed by atoms with E-state index in [4.69, 9.17) is 5.26 Å². The molecule has 1 heterocycles. The molecule has 112 valence electrons. The van der Waals surface area contributed by atoms with Gasteiger partial charge in [-0.05, 0) is 62.4 Å². The molecule has 1 aliphatic rings. The lowest BCUT2D eigenvalue weighted by Gasteiger charge is -2.28. The molecule has 1 aromatic carbocycles. The highest BCUT2D eigenvalue weighted by molar-refractivity contribution is 5.91. The molecule has 2 rings (SSSR count). The number of amides is 1. The van der Waals surface area contributed by atoms with Gasteiger partial charge in [-0.25, -0.2) is 0 Å². The lowest BCUT2D eigenvalue weighted by atomic mass is 9.85. The zero-order chi connectivity index (χ0) is 15.2. The van der Waals surface area contributed by atoms with Crippen LogP contribution >= 0.6 is 0 Å². The van der Waals surface area contributed by atoms with Gasteiger partial charge in [0.15, 0.2) is 0 Å². The van der Waals surface area contributed by atoms with E-state index in [1.54, 1.807) is 12.1 Å². The van der Waals surface area contributed by atoms with Crippen molar-refractivity contribution in [1.29, 1.82) is 5.26 Å². The van der Waals surface area contributed by atoms with E-state index in [9.17, 15) is 4.79 Å². The third-order valence-corrected chi connectivity index (χ3v) is 4.29. The zero-order valence-electron chi connectivity index (χ0n) is 12.8. The Balaban J connectivity index is 1.93. The van der Waals surface area contributed by atoms with Gasteiger partial charge in [0, 0.05) is 12.1 Å². The predicted molar refractivity (Wildman–Crippen MR) is 83.9 cm³/mol. The number of nitriles is 1. The molecule has 0 spiro atoms. The van der Waals surface area contributed by atoms with E-state index in [2.05, 4.69) is 23.6 Å². The Kier molecular flexibility index (Phi) is 5.35. The van der Waals surface area contributed by atoms with E-state index >= 15 is 0 Å². The number of benzene rings is 1. The van der Waals surface area contributed by atoms with E-state index in [0.29, 0.717) is 23.8 Å². The van der Waals surface area contributed by atoms with Crippen molar-refractivity contribution in [3.05, 3.63) is 29.3 Å². The maximum Gasteiger partial charge on any atom is 0.224 e. The summed E-state index contributed by atoms with van der Waals surface area (Å²) in [5.74, 6) is 0.986. The van der Waals surface area contributed by atoms with Gasteiger partial charge in [0.1, 0.15) is 0 Å². The van der Waals surface area contributed by atoms with Crippen LogP contribution in [0.4, 0.5) is 5.69 Å². The first kappa shape index (κ1) is 15.5. The predicted octanol–water partition coefficient (Wildman–Crippen LogP) is 2.83. The highest BCUT2D eigenvalue weighted by Crippen LogP contribution is 2.23. The smallest absolute Gasteiger partial charge is 0.224 e. The molecule has 0 aromatic heterocycles. The van der Waals surface area contributed by atoms with Crippen molar-refractivity contribution in [3.8, 4) is 6.07 Å². The van der Waals surface area contributed by atoms with Gasteiger partial charge < -0.3 is 10.6 Å². The summed E-state index contributed by atoms with van der Waals surface area (Å²) in [7, 11) is 0. The largest absolute Gasteiger partial charge is 0.326 e. The molecule has 4 nitrogen and oxygen atoms in total. The number of aryl methyl sites for hydroxylation is 1. The summed E-state index contributed by atoms with van der Waals surface area (Å²) in [5, 5.41) is 15.3. The molecule has 1 fully saturated rings. The second-order valence-corrected chi connectivity index (χ2v) is 5.98. The second-order valence-electron chi connectivity index (χ2n) is 5.98. The van der Waals surface area contributed by atoms with Gasteiger partial charge in [-0.15, -0.1) is 0 Å².